The van der Waals surface area contributed by atoms with Gasteiger partial charge in [0, 0.05) is 6.04 Å². The summed E-state index contributed by atoms with van der Waals surface area (Å²) in [5, 5.41) is 5.01. The summed E-state index contributed by atoms with van der Waals surface area (Å²) >= 11 is 0. The van der Waals surface area contributed by atoms with E-state index in [-0.39, 0.29) is 19.1 Å². The van der Waals surface area contributed by atoms with Gasteiger partial charge in [0.15, 0.2) is 0 Å². The number of esters is 1. The number of alkyl carbamates (subject to hydrolysis) is 1. The Morgan fingerprint density at radius 3 is 2.35 bits per heavy atom. The first-order valence-electron chi connectivity index (χ1n) is 10.2. The number of rotatable bonds is 8. The maximum Gasteiger partial charge on any atom is 0.408 e. The second kappa shape index (κ2) is 10.3. The van der Waals surface area contributed by atoms with Crippen LogP contribution < -0.4 is 10.6 Å². The zero-order chi connectivity index (χ0) is 23.2. The van der Waals surface area contributed by atoms with E-state index in [4.69, 9.17) is 4.74 Å². The van der Waals surface area contributed by atoms with Crippen molar-refractivity contribution < 1.29 is 28.7 Å². The molecule has 1 aromatic rings. The van der Waals surface area contributed by atoms with E-state index >= 15 is 0 Å². The highest BCUT2D eigenvalue weighted by molar-refractivity contribution is 5.92. The van der Waals surface area contributed by atoms with Crippen molar-refractivity contribution in [2.24, 2.45) is 0 Å². The number of amides is 3. The lowest BCUT2D eigenvalue weighted by atomic mass is 10.0. The molecule has 0 spiro atoms. The number of methoxy groups -OCH3 is 1. The van der Waals surface area contributed by atoms with Crippen LogP contribution in [-0.2, 0) is 23.9 Å². The number of hydrogen-bond donors (Lipinski definition) is 2. The van der Waals surface area contributed by atoms with Crippen molar-refractivity contribution in [2.45, 2.75) is 58.2 Å². The maximum atomic E-state index is 13.1. The third-order valence-electron chi connectivity index (χ3n) is 4.53. The monoisotopic (exact) mass is 433 g/mol. The van der Waals surface area contributed by atoms with Crippen LogP contribution in [0.1, 0.15) is 50.8 Å². The number of nitrogens with one attached hydrogen (secondary N) is 2. The average molecular weight is 434 g/mol. The quantitative estimate of drug-likeness (QED) is 0.605. The Hall–Kier alpha value is -3.10. The molecule has 0 saturated heterocycles. The summed E-state index contributed by atoms with van der Waals surface area (Å²) in [5.41, 5.74) is 0.861. The molecule has 0 bridgehead atoms. The van der Waals surface area contributed by atoms with Crippen LogP contribution >= 0.6 is 0 Å². The summed E-state index contributed by atoms with van der Waals surface area (Å²) in [6.07, 6.45) is 0.800. The van der Waals surface area contributed by atoms with Crippen molar-refractivity contribution in [1.29, 1.82) is 0 Å². The largest absolute Gasteiger partial charge is 0.468 e. The first-order valence-corrected chi connectivity index (χ1v) is 10.2. The van der Waals surface area contributed by atoms with Gasteiger partial charge in [-0.1, -0.05) is 29.8 Å². The second-order valence-electron chi connectivity index (χ2n) is 8.50. The maximum absolute atomic E-state index is 13.1. The number of benzene rings is 1. The Bertz CT molecular complexity index is 829. The molecule has 2 rings (SSSR count). The molecule has 3 amide bonds. The first-order chi connectivity index (χ1) is 14.5. The van der Waals surface area contributed by atoms with Crippen LogP contribution in [0, 0.1) is 6.92 Å². The lowest BCUT2D eigenvalue weighted by Crippen LogP contribution is -2.49. The molecule has 1 atom stereocenters. The van der Waals surface area contributed by atoms with E-state index in [0.29, 0.717) is 5.56 Å². The lowest BCUT2D eigenvalue weighted by Gasteiger charge is -2.32. The number of nitrogens with zero attached hydrogens (tertiary/aromatic N) is 1. The zero-order valence-corrected chi connectivity index (χ0v) is 18.7. The molecule has 31 heavy (non-hydrogen) atoms. The minimum absolute atomic E-state index is 0.123. The van der Waals surface area contributed by atoms with E-state index in [1.165, 1.54) is 12.0 Å². The van der Waals surface area contributed by atoms with E-state index in [9.17, 15) is 19.2 Å². The molecule has 9 nitrogen and oxygen atoms in total. The standard InChI is InChI=1S/C22H31N3O6/c1-14-7-6-8-15(11-14)19(20(28)23-13-18(27)30-5)25(16-9-10-16)17(26)12-24-21(29)31-22(2,3)4/h6-8,11,16,19H,9-10,12-13H2,1-5H3,(H,23,28)(H,24,29). The van der Waals surface area contributed by atoms with Crippen LogP contribution in [0.2, 0.25) is 0 Å². The third-order valence-corrected chi connectivity index (χ3v) is 4.53. The van der Waals surface area contributed by atoms with Crippen molar-refractivity contribution in [3.05, 3.63) is 35.4 Å². The highest BCUT2D eigenvalue weighted by Gasteiger charge is 2.41. The van der Waals surface area contributed by atoms with E-state index in [1.807, 2.05) is 19.1 Å². The summed E-state index contributed by atoms with van der Waals surface area (Å²) in [5.74, 6) is -1.49. The Kier molecular flexibility index (Phi) is 8.01. The molecular formula is C22H31N3O6. The summed E-state index contributed by atoms with van der Waals surface area (Å²) in [6, 6.07) is 6.22. The molecule has 1 unspecified atom stereocenters. The molecule has 1 aliphatic carbocycles. The Labute approximate surface area is 182 Å². The van der Waals surface area contributed by atoms with Crippen LogP contribution in [-0.4, -0.2) is 60.6 Å². The SMILES string of the molecule is COC(=O)CNC(=O)C(c1cccc(C)c1)N(C(=O)CNC(=O)OC(C)(C)C)C1CC1. The zero-order valence-electron chi connectivity index (χ0n) is 18.7. The van der Waals surface area contributed by atoms with E-state index in [2.05, 4.69) is 15.4 Å². The van der Waals surface area contributed by atoms with Gasteiger partial charge >= 0.3 is 12.1 Å². The molecule has 0 radical (unpaired) electrons. The molecule has 0 heterocycles. The summed E-state index contributed by atoms with van der Waals surface area (Å²) in [4.78, 5) is 51.1. The van der Waals surface area contributed by atoms with Gasteiger partial charge in [0.1, 0.15) is 24.7 Å². The van der Waals surface area contributed by atoms with Gasteiger partial charge < -0.3 is 25.0 Å². The Morgan fingerprint density at radius 2 is 1.81 bits per heavy atom. The molecule has 1 saturated carbocycles. The summed E-state index contributed by atoms with van der Waals surface area (Å²) in [6.45, 7) is 6.46. The van der Waals surface area contributed by atoms with Gasteiger partial charge in [-0.2, -0.15) is 0 Å². The fourth-order valence-corrected chi connectivity index (χ4v) is 3.07. The van der Waals surface area contributed by atoms with Crippen LogP contribution in [0.3, 0.4) is 0 Å². The molecular weight excluding hydrogens is 402 g/mol. The number of carbonyl (C=O) groups excluding carboxylic acids is 4. The fourth-order valence-electron chi connectivity index (χ4n) is 3.07. The predicted octanol–water partition coefficient (Wildman–Crippen LogP) is 1.84. The van der Waals surface area contributed by atoms with Gasteiger partial charge in [0.05, 0.1) is 7.11 Å². The number of ether oxygens (including phenoxy) is 2. The second-order valence-corrected chi connectivity index (χ2v) is 8.50. The van der Waals surface area contributed by atoms with Crippen LogP contribution in [0.4, 0.5) is 4.79 Å². The van der Waals surface area contributed by atoms with Crippen molar-refractivity contribution in [2.75, 3.05) is 20.2 Å². The van der Waals surface area contributed by atoms with Crippen LogP contribution in [0.5, 0.6) is 0 Å². The van der Waals surface area contributed by atoms with Crippen LogP contribution in [0.15, 0.2) is 24.3 Å². The highest BCUT2D eigenvalue weighted by atomic mass is 16.6. The normalized spacial score (nSPS) is 14.2. The Morgan fingerprint density at radius 1 is 1.13 bits per heavy atom. The van der Waals surface area contributed by atoms with Gasteiger partial charge in [-0.05, 0) is 46.1 Å². The smallest absolute Gasteiger partial charge is 0.408 e. The van der Waals surface area contributed by atoms with Gasteiger partial charge in [-0.3, -0.25) is 14.4 Å². The minimum atomic E-state index is -0.940. The molecule has 2 N–H and O–H groups in total. The van der Waals surface area contributed by atoms with E-state index in [1.54, 1.807) is 32.9 Å². The molecule has 1 aromatic carbocycles. The molecule has 1 fully saturated rings. The molecule has 1 aliphatic rings. The Balaban J connectivity index is 2.23. The summed E-state index contributed by atoms with van der Waals surface area (Å²) in [7, 11) is 1.23. The van der Waals surface area contributed by atoms with Gasteiger partial charge in [0.2, 0.25) is 11.8 Å². The number of hydrogen-bond acceptors (Lipinski definition) is 6. The highest BCUT2D eigenvalue weighted by Crippen LogP contribution is 2.35. The number of carbonyl (C=O) groups is 4. The average Bonchev–Trinajstić information content (AvgIpc) is 3.51. The molecule has 170 valence electrons. The minimum Gasteiger partial charge on any atom is -0.468 e. The van der Waals surface area contributed by atoms with Gasteiger partial charge in [0.25, 0.3) is 0 Å². The lowest BCUT2D eigenvalue weighted by molar-refractivity contribution is -0.144. The predicted molar refractivity (Wildman–Crippen MR) is 113 cm³/mol. The van der Waals surface area contributed by atoms with Gasteiger partial charge in [-0.15, -0.1) is 0 Å². The van der Waals surface area contributed by atoms with Gasteiger partial charge in [-0.25, -0.2) is 4.79 Å². The van der Waals surface area contributed by atoms with Crippen molar-refractivity contribution in [1.82, 2.24) is 15.5 Å². The molecule has 0 aromatic heterocycles. The topological polar surface area (TPSA) is 114 Å². The fraction of sp³-hybridized carbons (Fsp3) is 0.545. The van der Waals surface area contributed by atoms with E-state index < -0.39 is 35.5 Å². The van der Waals surface area contributed by atoms with E-state index in [0.717, 1.165) is 18.4 Å². The summed E-state index contributed by atoms with van der Waals surface area (Å²) < 4.78 is 9.76. The van der Waals surface area contributed by atoms with Crippen molar-refractivity contribution >= 4 is 23.9 Å². The molecule has 0 aliphatic heterocycles. The number of aryl methyl sites for hydroxylation is 1. The third kappa shape index (κ3) is 7.58. The molecule has 9 heteroatoms. The van der Waals surface area contributed by atoms with Crippen molar-refractivity contribution in [3.8, 4) is 0 Å². The first kappa shape index (κ1) is 24.2. The van der Waals surface area contributed by atoms with Crippen molar-refractivity contribution in [3.63, 3.8) is 0 Å². The van der Waals surface area contributed by atoms with Crippen LogP contribution in [0.25, 0.3) is 0 Å².